The second-order valence-electron chi connectivity index (χ2n) is 8.51. The summed E-state index contributed by atoms with van der Waals surface area (Å²) in [6, 6.07) is 5.37. The second kappa shape index (κ2) is 8.90. The topological polar surface area (TPSA) is 126 Å². The van der Waals surface area contributed by atoms with Crippen molar-refractivity contribution in [2.24, 2.45) is 0 Å². The largest absolute Gasteiger partial charge is 0.435 e. The number of aromatic amines is 2. The third-order valence-corrected chi connectivity index (χ3v) is 6.00. The van der Waals surface area contributed by atoms with Crippen LogP contribution in [0, 0.1) is 5.82 Å². The summed E-state index contributed by atoms with van der Waals surface area (Å²) in [4.78, 5) is 12.0. The normalized spacial score (nSPS) is 12.0. The number of pyridine rings is 2. The van der Waals surface area contributed by atoms with Gasteiger partial charge in [-0.1, -0.05) is 5.21 Å². The van der Waals surface area contributed by atoms with Crippen LogP contribution in [0.5, 0.6) is 0 Å². The quantitative estimate of drug-likeness (QED) is 0.272. The van der Waals surface area contributed by atoms with Gasteiger partial charge < -0.3 is 10.3 Å². The molecule has 10 nitrogen and oxygen atoms in total. The number of nitrogens with one attached hydrogen (secondary N) is 3. The van der Waals surface area contributed by atoms with E-state index in [1.807, 2.05) is 13.0 Å². The van der Waals surface area contributed by atoms with Crippen molar-refractivity contribution < 1.29 is 17.6 Å². The number of hydrogen-bond acceptors (Lipinski definition) is 7. The molecule has 0 unspecified atom stereocenters. The van der Waals surface area contributed by atoms with E-state index in [2.05, 4.69) is 46.0 Å². The standard InChI is InChI=1S/C24H18F4N10/c1-2-30-17-8-14(25)7-15-20-22(38-4-3-18(35-38)24(26,27)28)16(11-31-23(20)32-21(15)17)13-5-12(9-29-10-13)6-19-33-36-37-34-19/h3-5,7-11,30H,2,6H2,1H3,(H,31,32)(H,33,34,36,37). The van der Waals surface area contributed by atoms with Crippen LogP contribution >= 0.6 is 0 Å². The highest BCUT2D eigenvalue weighted by atomic mass is 19.4. The van der Waals surface area contributed by atoms with Crippen LogP contribution in [0.4, 0.5) is 23.2 Å². The molecule has 0 radical (unpaired) electrons. The Labute approximate surface area is 211 Å². The van der Waals surface area contributed by atoms with Gasteiger partial charge in [0.15, 0.2) is 11.5 Å². The highest BCUT2D eigenvalue weighted by molar-refractivity contribution is 6.15. The van der Waals surface area contributed by atoms with Gasteiger partial charge in [-0.3, -0.25) is 4.98 Å². The average Bonchev–Trinajstić information content (AvgIpc) is 3.64. The van der Waals surface area contributed by atoms with Crippen molar-refractivity contribution in [3.63, 3.8) is 0 Å². The summed E-state index contributed by atoms with van der Waals surface area (Å²) in [6.45, 7) is 2.41. The van der Waals surface area contributed by atoms with Crippen molar-refractivity contribution in [2.75, 3.05) is 11.9 Å². The average molecular weight is 522 g/mol. The molecule has 0 aliphatic heterocycles. The van der Waals surface area contributed by atoms with E-state index in [1.54, 1.807) is 12.4 Å². The Bertz CT molecular complexity index is 1770. The molecule has 0 bridgehead atoms. The molecule has 1 aromatic carbocycles. The fourth-order valence-electron chi connectivity index (χ4n) is 4.46. The van der Waals surface area contributed by atoms with E-state index in [4.69, 9.17) is 0 Å². The van der Waals surface area contributed by atoms with Crippen LogP contribution in [0.15, 0.2) is 49.1 Å². The van der Waals surface area contributed by atoms with Gasteiger partial charge in [-0.15, -0.1) is 10.2 Å². The van der Waals surface area contributed by atoms with Gasteiger partial charge in [0.1, 0.15) is 11.5 Å². The number of anilines is 1. The first-order valence-corrected chi connectivity index (χ1v) is 11.5. The zero-order chi connectivity index (χ0) is 26.4. The fourth-order valence-corrected chi connectivity index (χ4v) is 4.46. The molecule has 0 atom stereocenters. The minimum Gasteiger partial charge on any atom is -0.384 e. The Kier molecular flexibility index (Phi) is 5.51. The zero-order valence-corrected chi connectivity index (χ0v) is 19.7. The SMILES string of the molecule is CCNc1cc(F)cc2c1[nH]c1ncc(-c3cncc(Cc4nn[nH]n4)c3)c(-n3ccc(C(F)(F)F)n3)c12. The van der Waals surface area contributed by atoms with Crippen molar-refractivity contribution in [3.8, 4) is 16.8 Å². The summed E-state index contributed by atoms with van der Waals surface area (Å²) in [5.41, 5.74) is 2.44. The number of fused-ring (bicyclic) bond motifs is 3. The Morgan fingerprint density at radius 1 is 1.11 bits per heavy atom. The van der Waals surface area contributed by atoms with Crippen LogP contribution in [0.2, 0.25) is 0 Å². The van der Waals surface area contributed by atoms with E-state index in [0.29, 0.717) is 63.2 Å². The Hall–Kier alpha value is -4.88. The predicted octanol–water partition coefficient (Wildman–Crippen LogP) is 4.66. The van der Waals surface area contributed by atoms with Crippen LogP contribution in [-0.2, 0) is 12.6 Å². The molecule has 6 aromatic rings. The molecule has 0 aliphatic rings. The van der Waals surface area contributed by atoms with Crippen molar-refractivity contribution in [1.29, 1.82) is 0 Å². The molecular formula is C24H18F4N10. The summed E-state index contributed by atoms with van der Waals surface area (Å²) in [6.07, 6.45) is 1.63. The molecule has 5 heterocycles. The number of aromatic nitrogens is 9. The van der Waals surface area contributed by atoms with Gasteiger partial charge >= 0.3 is 6.18 Å². The Morgan fingerprint density at radius 2 is 1.97 bits per heavy atom. The van der Waals surface area contributed by atoms with Crippen molar-refractivity contribution in [2.45, 2.75) is 19.5 Å². The third-order valence-electron chi connectivity index (χ3n) is 6.00. The van der Waals surface area contributed by atoms with Crippen molar-refractivity contribution in [1.82, 2.24) is 45.4 Å². The number of rotatable bonds is 6. The molecule has 6 rings (SSSR count). The molecular weight excluding hydrogens is 504 g/mol. The molecule has 0 fully saturated rings. The van der Waals surface area contributed by atoms with E-state index in [9.17, 15) is 17.6 Å². The summed E-state index contributed by atoms with van der Waals surface area (Å²) in [7, 11) is 0. The molecule has 0 saturated carbocycles. The minimum absolute atomic E-state index is 0.295. The Balaban J connectivity index is 1.63. The maximum absolute atomic E-state index is 14.7. The van der Waals surface area contributed by atoms with Crippen LogP contribution in [-0.4, -0.2) is 51.9 Å². The van der Waals surface area contributed by atoms with Gasteiger partial charge in [0.25, 0.3) is 0 Å². The first kappa shape index (κ1) is 23.5. The molecule has 0 saturated heterocycles. The molecule has 3 N–H and O–H groups in total. The number of halogens is 4. The van der Waals surface area contributed by atoms with Crippen LogP contribution < -0.4 is 5.32 Å². The van der Waals surface area contributed by atoms with Crippen molar-refractivity contribution >= 4 is 27.6 Å². The summed E-state index contributed by atoms with van der Waals surface area (Å²) < 4.78 is 56.3. The highest BCUT2D eigenvalue weighted by Crippen LogP contribution is 2.39. The molecule has 0 spiro atoms. The number of benzene rings is 1. The lowest BCUT2D eigenvalue weighted by Gasteiger charge is -2.13. The predicted molar refractivity (Wildman–Crippen MR) is 130 cm³/mol. The van der Waals surface area contributed by atoms with Gasteiger partial charge in [0, 0.05) is 54.3 Å². The summed E-state index contributed by atoms with van der Waals surface area (Å²) in [5, 5.41) is 21.6. The lowest BCUT2D eigenvalue weighted by molar-refractivity contribution is -0.141. The molecule has 38 heavy (non-hydrogen) atoms. The number of nitrogens with zero attached hydrogens (tertiary/aromatic N) is 7. The molecule has 0 amide bonds. The van der Waals surface area contributed by atoms with Gasteiger partial charge in [0.05, 0.1) is 22.3 Å². The number of tetrazole rings is 1. The zero-order valence-electron chi connectivity index (χ0n) is 19.7. The van der Waals surface area contributed by atoms with Crippen LogP contribution in [0.25, 0.3) is 38.8 Å². The first-order valence-electron chi connectivity index (χ1n) is 11.5. The van der Waals surface area contributed by atoms with E-state index < -0.39 is 17.7 Å². The molecule has 192 valence electrons. The maximum Gasteiger partial charge on any atom is 0.435 e. The Morgan fingerprint density at radius 3 is 2.71 bits per heavy atom. The smallest absolute Gasteiger partial charge is 0.384 e. The lowest BCUT2D eigenvalue weighted by Crippen LogP contribution is -2.08. The molecule has 5 aromatic heterocycles. The summed E-state index contributed by atoms with van der Waals surface area (Å²) in [5.74, 6) is -0.0615. The summed E-state index contributed by atoms with van der Waals surface area (Å²) >= 11 is 0. The van der Waals surface area contributed by atoms with Gasteiger partial charge in [-0.2, -0.15) is 23.5 Å². The van der Waals surface area contributed by atoms with E-state index in [-0.39, 0.29) is 0 Å². The van der Waals surface area contributed by atoms with Gasteiger partial charge in [-0.05, 0) is 36.8 Å². The molecule has 0 aliphatic carbocycles. The van der Waals surface area contributed by atoms with Gasteiger partial charge in [0.2, 0.25) is 0 Å². The number of alkyl halides is 3. The number of H-pyrrole nitrogens is 2. The third kappa shape index (κ3) is 4.09. The molecule has 14 heteroatoms. The van der Waals surface area contributed by atoms with Crippen molar-refractivity contribution in [3.05, 3.63) is 72.0 Å². The first-order chi connectivity index (χ1) is 18.3. The van der Waals surface area contributed by atoms with E-state index >= 15 is 0 Å². The van der Waals surface area contributed by atoms with E-state index in [1.165, 1.54) is 24.5 Å². The second-order valence-corrected chi connectivity index (χ2v) is 8.51. The fraction of sp³-hybridized carbons (Fsp3) is 0.167. The lowest BCUT2D eigenvalue weighted by atomic mass is 10.0. The monoisotopic (exact) mass is 522 g/mol. The van der Waals surface area contributed by atoms with E-state index in [0.717, 1.165) is 16.3 Å². The number of hydrogen-bond donors (Lipinski definition) is 3. The van der Waals surface area contributed by atoms with Crippen LogP contribution in [0.1, 0.15) is 24.0 Å². The van der Waals surface area contributed by atoms with Gasteiger partial charge in [-0.25, -0.2) is 14.1 Å². The maximum atomic E-state index is 14.7. The highest BCUT2D eigenvalue weighted by Gasteiger charge is 2.34. The van der Waals surface area contributed by atoms with Crippen LogP contribution in [0.3, 0.4) is 0 Å². The minimum atomic E-state index is -4.64.